The van der Waals surface area contributed by atoms with Crippen molar-refractivity contribution in [2.45, 2.75) is 20.3 Å². The first-order chi connectivity index (χ1) is 15.4. The molecule has 9 heteroatoms. The molecule has 0 atom stereocenters. The van der Waals surface area contributed by atoms with E-state index in [-0.39, 0.29) is 11.1 Å². The third-order valence-corrected chi connectivity index (χ3v) is 5.92. The number of aromatic nitrogens is 3. The molecule has 3 aromatic rings. The maximum Gasteiger partial charge on any atom is 0.356 e. The van der Waals surface area contributed by atoms with Crippen molar-refractivity contribution in [3.8, 4) is 0 Å². The third-order valence-electron chi connectivity index (χ3n) is 5.92. The highest BCUT2D eigenvalue weighted by atomic mass is 19.1. The minimum Gasteiger partial charge on any atom is -0.464 e. The van der Waals surface area contributed by atoms with Crippen LogP contribution in [0.1, 0.15) is 27.4 Å². The number of halogens is 1. The first-order valence-electron chi connectivity index (χ1n) is 10.6. The van der Waals surface area contributed by atoms with Crippen molar-refractivity contribution in [2.24, 2.45) is 0 Å². The van der Waals surface area contributed by atoms with Crippen molar-refractivity contribution in [3.05, 3.63) is 63.1 Å². The number of H-pyrrole nitrogens is 1. The van der Waals surface area contributed by atoms with Crippen LogP contribution in [0, 0.1) is 19.7 Å². The lowest BCUT2D eigenvalue weighted by molar-refractivity contribution is 0.0594. The fourth-order valence-corrected chi connectivity index (χ4v) is 4.05. The van der Waals surface area contributed by atoms with E-state index in [1.807, 2.05) is 13.0 Å². The highest BCUT2D eigenvalue weighted by Crippen LogP contribution is 2.22. The number of esters is 1. The summed E-state index contributed by atoms with van der Waals surface area (Å²) in [6, 6.07) is 7.09. The molecule has 1 aliphatic rings. The summed E-state index contributed by atoms with van der Waals surface area (Å²) in [6.45, 7) is 7.52. The van der Waals surface area contributed by atoms with Gasteiger partial charge in [-0.1, -0.05) is 6.07 Å². The number of nitrogens with one attached hydrogen (secondary N) is 1. The second-order valence-corrected chi connectivity index (χ2v) is 7.96. The number of anilines is 1. The van der Waals surface area contributed by atoms with Gasteiger partial charge < -0.3 is 14.6 Å². The van der Waals surface area contributed by atoms with Crippen molar-refractivity contribution in [1.82, 2.24) is 19.9 Å². The molecular weight excluding hydrogens is 413 g/mol. The van der Waals surface area contributed by atoms with Gasteiger partial charge in [0.05, 0.1) is 24.0 Å². The number of piperazine rings is 1. The molecule has 0 unspecified atom stereocenters. The van der Waals surface area contributed by atoms with Gasteiger partial charge in [0.15, 0.2) is 5.82 Å². The van der Waals surface area contributed by atoms with E-state index in [0.29, 0.717) is 28.9 Å². The molecule has 0 spiro atoms. The molecule has 1 aromatic carbocycles. The van der Waals surface area contributed by atoms with Gasteiger partial charge in [0, 0.05) is 32.7 Å². The van der Waals surface area contributed by atoms with Gasteiger partial charge in [-0.25, -0.2) is 19.2 Å². The van der Waals surface area contributed by atoms with Crippen LogP contribution in [-0.2, 0) is 11.2 Å². The number of aromatic amines is 1. The molecule has 8 nitrogen and oxygen atoms in total. The van der Waals surface area contributed by atoms with Crippen molar-refractivity contribution < 1.29 is 13.9 Å². The van der Waals surface area contributed by atoms with Gasteiger partial charge in [0.25, 0.3) is 5.56 Å². The Bertz CT molecular complexity index is 1220. The second kappa shape index (κ2) is 9.04. The maximum atomic E-state index is 14.9. The molecule has 4 rings (SSSR count). The number of carbonyl (C=O) groups excluding carboxylic acids is 1. The Morgan fingerprint density at radius 1 is 1.09 bits per heavy atom. The van der Waals surface area contributed by atoms with Gasteiger partial charge in [-0.05, 0) is 44.0 Å². The Morgan fingerprint density at radius 3 is 2.53 bits per heavy atom. The number of hydrogen-bond acceptors (Lipinski definition) is 7. The molecule has 168 valence electrons. The minimum absolute atomic E-state index is 0.168. The van der Waals surface area contributed by atoms with Crippen LogP contribution < -0.4 is 10.5 Å². The number of benzene rings is 1. The molecule has 32 heavy (non-hydrogen) atoms. The summed E-state index contributed by atoms with van der Waals surface area (Å²) in [6.07, 6.45) is 0.548. The Kier molecular flexibility index (Phi) is 6.18. The van der Waals surface area contributed by atoms with E-state index in [4.69, 9.17) is 4.74 Å². The number of nitrogens with zero attached hydrogens (tertiary/aromatic N) is 4. The Morgan fingerprint density at radius 2 is 1.84 bits per heavy atom. The van der Waals surface area contributed by atoms with E-state index in [9.17, 15) is 14.0 Å². The lowest BCUT2D eigenvalue weighted by Crippen LogP contribution is -2.47. The highest BCUT2D eigenvalue weighted by Gasteiger charge is 2.20. The van der Waals surface area contributed by atoms with Crippen molar-refractivity contribution in [2.75, 3.05) is 44.7 Å². The number of fused-ring (bicyclic) bond motifs is 1. The van der Waals surface area contributed by atoms with Gasteiger partial charge in [-0.2, -0.15) is 0 Å². The van der Waals surface area contributed by atoms with Crippen LogP contribution >= 0.6 is 0 Å². The highest BCUT2D eigenvalue weighted by molar-refractivity contribution is 5.87. The summed E-state index contributed by atoms with van der Waals surface area (Å²) < 4.78 is 19.6. The van der Waals surface area contributed by atoms with Crippen LogP contribution in [0.15, 0.2) is 29.1 Å². The van der Waals surface area contributed by atoms with E-state index < -0.39 is 11.8 Å². The van der Waals surface area contributed by atoms with Crippen LogP contribution in [-0.4, -0.2) is 65.7 Å². The van der Waals surface area contributed by atoms with E-state index in [2.05, 4.69) is 24.8 Å². The lowest BCUT2D eigenvalue weighted by Gasteiger charge is -2.36. The topological polar surface area (TPSA) is 91.4 Å². The number of hydrogen-bond donors (Lipinski definition) is 1. The normalized spacial score (nSPS) is 14.7. The predicted molar refractivity (Wildman–Crippen MR) is 120 cm³/mol. The summed E-state index contributed by atoms with van der Waals surface area (Å²) in [5.41, 5.74) is 3.25. The number of methoxy groups -OCH3 is 1. The molecule has 0 aliphatic carbocycles. The maximum absolute atomic E-state index is 14.9. The number of rotatable bonds is 5. The fraction of sp³-hybridized carbons (Fsp3) is 0.391. The van der Waals surface area contributed by atoms with Gasteiger partial charge in [0.2, 0.25) is 0 Å². The smallest absolute Gasteiger partial charge is 0.356 e. The largest absolute Gasteiger partial charge is 0.464 e. The van der Waals surface area contributed by atoms with E-state index in [0.717, 1.165) is 44.1 Å². The number of pyridine rings is 1. The lowest BCUT2D eigenvalue weighted by atomic mass is 10.1. The summed E-state index contributed by atoms with van der Waals surface area (Å²) in [5.74, 6) is -0.849. The molecule has 0 saturated carbocycles. The van der Waals surface area contributed by atoms with Crippen molar-refractivity contribution >= 4 is 22.7 Å². The molecule has 3 heterocycles. The predicted octanol–water partition coefficient (Wildman–Crippen LogP) is 2.23. The molecule has 0 radical (unpaired) electrons. The van der Waals surface area contributed by atoms with E-state index >= 15 is 0 Å². The zero-order valence-corrected chi connectivity index (χ0v) is 18.4. The summed E-state index contributed by atoms with van der Waals surface area (Å²) >= 11 is 0. The second-order valence-electron chi connectivity index (χ2n) is 7.96. The van der Waals surface area contributed by atoms with Gasteiger partial charge >= 0.3 is 5.97 Å². The van der Waals surface area contributed by atoms with Crippen LogP contribution in [0.5, 0.6) is 0 Å². The van der Waals surface area contributed by atoms with Crippen LogP contribution in [0.3, 0.4) is 0 Å². The zero-order valence-electron chi connectivity index (χ0n) is 18.4. The Hall–Kier alpha value is -3.33. The summed E-state index contributed by atoms with van der Waals surface area (Å²) in [5, 5.41) is 0. The number of carbonyl (C=O) groups is 1. The SMILES string of the molecule is COC(=O)c1ccc(N2CCN(CCc3ccc4nc(C)c(=O)[nH]c4c3F)CC2)c(C)n1. The summed E-state index contributed by atoms with van der Waals surface area (Å²) in [7, 11) is 1.34. The molecule has 1 fully saturated rings. The van der Waals surface area contributed by atoms with Gasteiger partial charge in [0.1, 0.15) is 16.9 Å². The minimum atomic E-state index is -0.444. The molecule has 1 N–H and O–H groups in total. The van der Waals surface area contributed by atoms with Crippen LogP contribution in [0.4, 0.5) is 10.1 Å². The average Bonchev–Trinajstić information content (AvgIpc) is 2.80. The molecule has 1 saturated heterocycles. The van der Waals surface area contributed by atoms with Crippen LogP contribution in [0.25, 0.3) is 11.0 Å². The third kappa shape index (κ3) is 4.34. The van der Waals surface area contributed by atoms with Crippen molar-refractivity contribution in [1.29, 1.82) is 0 Å². The van der Waals surface area contributed by atoms with Gasteiger partial charge in [-0.15, -0.1) is 0 Å². The first kappa shape index (κ1) is 21.9. The number of aryl methyl sites for hydroxylation is 2. The fourth-order valence-electron chi connectivity index (χ4n) is 4.05. The monoisotopic (exact) mass is 439 g/mol. The molecular formula is C23H26FN5O3. The van der Waals surface area contributed by atoms with Gasteiger partial charge in [-0.3, -0.25) is 9.69 Å². The molecule has 1 aliphatic heterocycles. The average molecular weight is 439 g/mol. The van der Waals surface area contributed by atoms with Crippen LogP contribution in [0.2, 0.25) is 0 Å². The zero-order chi connectivity index (χ0) is 22.8. The molecule has 2 aromatic heterocycles. The van der Waals surface area contributed by atoms with Crippen molar-refractivity contribution in [3.63, 3.8) is 0 Å². The Labute approximate surface area is 185 Å². The summed E-state index contributed by atoms with van der Waals surface area (Å²) in [4.78, 5) is 39.1. The number of ether oxygens (including phenoxy) is 1. The van der Waals surface area contributed by atoms with E-state index in [1.165, 1.54) is 7.11 Å². The molecule has 0 bridgehead atoms. The van der Waals surface area contributed by atoms with E-state index in [1.54, 1.807) is 25.1 Å². The standard InChI is InChI=1S/C23H26FN5O3/c1-14-19(7-6-18(25-14)23(31)32-3)29-12-10-28(11-13-29)9-8-16-4-5-17-21(20(16)24)27-22(30)15(2)26-17/h4-7H,8-13H2,1-3H3,(H,27,30). The Balaban J connectivity index is 1.38. The first-order valence-corrected chi connectivity index (χ1v) is 10.6. The molecule has 0 amide bonds. The quantitative estimate of drug-likeness (QED) is 0.610.